The van der Waals surface area contributed by atoms with Gasteiger partial charge in [0.05, 0.1) is 11.5 Å². The molecule has 0 aliphatic carbocycles. The monoisotopic (exact) mass is 375 g/mol. The van der Waals surface area contributed by atoms with Crippen molar-refractivity contribution < 1.29 is 5.11 Å². The van der Waals surface area contributed by atoms with Crippen molar-refractivity contribution in [3.63, 3.8) is 0 Å². The Kier molecular flexibility index (Phi) is 5.14. The van der Waals surface area contributed by atoms with Crippen LogP contribution in [-0.2, 0) is 6.42 Å². The maximum atomic E-state index is 10.4. The van der Waals surface area contributed by atoms with Crippen LogP contribution < -0.4 is 5.32 Å². The number of benzene rings is 2. The standard InChI is InChI=1S/C22H21N3OS/c1-15-12-19-21(23-14-18(26)13-16-8-4-2-5-9-16)24-20(25-22(19)27-15)17-10-6-3-7-11-17/h2-12,18,26H,13-14H2,1H3,(H,23,24,25). The molecule has 2 N–H and O–H groups in total. The topological polar surface area (TPSA) is 58.0 Å². The molecule has 0 spiro atoms. The Bertz CT molecular complexity index is 1030. The maximum Gasteiger partial charge on any atom is 0.163 e. The van der Waals surface area contributed by atoms with Gasteiger partial charge in [-0.05, 0) is 18.6 Å². The molecule has 0 aliphatic heterocycles. The Morgan fingerprint density at radius 1 is 1.00 bits per heavy atom. The van der Waals surface area contributed by atoms with Crippen LogP contribution in [0.3, 0.4) is 0 Å². The van der Waals surface area contributed by atoms with Crippen molar-refractivity contribution in [1.82, 2.24) is 9.97 Å². The summed E-state index contributed by atoms with van der Waals surface area (Å²) in [7, 11) is 0. The van der Waals surface area contributed by atoms with E-state index in [1.165, 1.54) is 4.88 Å². The van der Waals surface area contributed by atoms with Crippen LogP contribution in [0.2, 0.25) is 0 Å². The summed E-state index contributed by atoms with van der Waals surface area (Å²) in [6.45, 7) is 2.51. The molecule has 0 fully saturated rings. The van der Waals surface area contributed by atoms with Crippen LogP contribution in [0.25, 0.3) is 21.6 Å². The number of hydrogen-bond donors (Lipinski definition) is 2. The Morgan fingerprint density at radius 2 is 1.70 bits per heavy atom. The van der Waals surface area contributed by atoms with Crippen molar-refractivity contribution in [2.45, 2.75) is 19.4 Å². The zero-order valence-corrected chi connectivity index (χ0v) is 15.9. The Hall–Kier alpha value is -2.76. The highest BCUT2D eigenvalue weighted by Crippen LogP contribution is 2.31. The lowest BCUT2D eigenvalue weighted by atomic mass is 10.1. The summed E-state index contributed by atoms with van der Waals surface area (Å²) in [6.07, 6.45) is 0.119. The predicted molar refractivity (Wildman–Crippen MR) is 112 cm³/mol. The Labute approximate surface area is 162 Å². The molecule has 2 heterocycles. The van der Waals surface area contributed by atoms with Gasteiger partial charge in [0.2, 0.25) is 0 Å². The average Bonchev–Trinajstić information content (AvgIpc) is 3.08. The van der Waals surface area contributed by atoms with Gasteiger partial charge in [0.1, 0.15) is 10.6 Å². The molecule has 0 radical (unpaired) electrons. The van der Waals surface area contributed by atoms with Crippen molar-refractivity contribution in [2.24, 2.45) is 0 Å². The van der Waals surface area contributed by atoms with Crippen LogP contribution in [0.15, 0.2) is 66.7 Å². The molecule has 0 saturated heterocycles. The molecule has 4 rings (SSSR count). The van der Waals surface area contributed by atoms with Crippen LogP contribution in [0.5, 0.6) is 0 Å². The van der Waals surface area contributed by atoms with Gasteiger partial charge in [0.25, 0.3) is 0 Å². The highest BCUT2D eigenvalue weighted by Gasteiger charge is 2.13. The lowest BCUT2D eigenvalue weighted by Crippen LogP contribution is -2.22. The smallest absolute Gasteiger partial charge is 0.163 e. The molecule has 5 heteroatoms. The Balaban J connectivity index is 1.58. The first-order valence-corrected chi connectivity index (χ1v) is 9.80. The van der Waals surface area contributed by atoms with Crippen LogP contribution in [0.1, 0.15) is 10.4 Å². The number of anilines is 1. The second-order valence-corrected chi connectivity index (χ2v) is 7.80. The van der Waals surface area contributed by atoms with E-state index in [4.69, 9.17) is 9.97 Å². The summed E-state index contributed by atoms with van der Waals surface area (Å²) in [5.41, 5.74) is 2.11. The van der Waals surface area contributed by atoms with Crippen molar-refractivity contribution >= 4 is 27.4 Å². The zero-order chi connectivity index (χ0) is 18.6. The number of aryl methyl sites for hydroxylation is 1. The van der Waals surface area contributed by atoms with Gasteiger partial charge < -0.3 is 10.4 Å². The second-order valence-electron chi connectivity index (χ2n) is 6.56. The highest BCUT2D eigenvalue weighted by molar-refractivity contribution is 7.18. The first-order chi connectivity index (χ1) is 13.2. The maximum absolute atomic E-state index is 10.4. The fourth-order valence-electron chi connectivity index (χ4n) is 3.07. The first kappa shape index (κ1) is 17.6. The fourth-order valence-corrected chi connectivity index (χ4v) is 3.95. The van der Waals surface area contributed by atoms with Crippen LogP contribution in [0, 0.1) is 6.92 Å². The van der Waals surface area contributed by atoms with Crippen LogP contribution in [-0.4, -0.2) is 27.7 Å². The Morgan fingerprint density at radius 3 is 2.44 bits per heavy atom. The summed E-state index contributed by atoms with van der Waals surface area (Å²) in [5.74, 6) is 1.47. The van der Waals surface area contributed by atoms with Crippen molar-refractivity contribution in [3.8, 4) is 11.4 Å². The van der Waals surface area contributed by atoms with Gasteiger partial charge in [-0.3, -0.25) is 0 Å². The van der Waals surface area contributed by atoms with Gasteiger partial charge in [-0.2, -0.15) is 0 Å². The molecule has 0 aliphatic rings. The van der Waals surface area contributed by atoms with Crippen molar-refractivity contribution in [3.05, 3.63) is 77.2 Å². The highest BCUT2D eigenvalue weighted by atomic mass is 32.1. The number of thiophene rings is 1. The van der Waals surface area contributed by atoms with Crippen LogP contribution >= 0.6 is 11.3 Å². The fraction of sp³-hybridized carbons (Fsp3) is 0.182. The third kappa shape index (κ3) is 4.15. The van der Waals surface area contributed by atoms with E-state index >= 15 is 0 Å². The third-order valence-corrected chi connectivity index (χ3v) is 5.31. The predicted octanol–water partition coefficient (Wildman–Crippen LogP) is 4.68. The first-order valence-electron chi connectivity index (χ1n) is 8.98. The van der Waals surface area contributed by atoms with Gasteiger partial charge >= 0.3 is 0 Å². The number of aliphatic hydroxyl groups excluding tert-OH is 1. The van der Waals surface area contributed by atoms with E-state index in [1.807, 2.05) is 60.7 Å². The van der Waals surface area contributed by atoms with E-state index in [-0.39, 0.29) is 0 Å². The van der Waals surface area contributed by atoms with Gasteiger partial charge in [0.15, 0.2) is 5.82 Å². The molecule has 27 heavy (non-hydrogen) atoms. The van der Waals surface area contributed by atoms with E-state index in [9.17, 15) is 5.11 Å². The largest absolute Gasteiger partial charge is 0.391 e. The molecular weight excluding hydrogens is 354 g/mol. The second kappa shape index (κ2) is 7.86. The molecule has 1 unspecified atom stereocenters. The SMILES string of the molecule is Cc1cc2c(NCC(O)Cc3ccccc3)nc(-c3ccccc3)nc2s1. The summed E-state index contributed by atoms with van der Waals surface area (Å²) in [5, 5.41) is 14.8. The molecule has 2 aromatic heterocycles. The number of hydrogen-bond acceptors (Lipinski definition) is 5. The normalized spacial score (nSPS) is 12.2. The summed E-state index contributed by atoms with van der Waals surface area (Å²) >= 11 is 1.66. The van der Waals surface area contributed by atoms with E-state index in [0.717, 1.165) is 27.2 Å². The number of aromatic nitrogens is 2. The minimum absolute atomic E-state index is 0.435. The quantitative estimate of drug-likeness (QED) is 0.514. The summed E-state index contributed by atoms with van der Waals surface area (Å²) in [4.78, 5) is 11.6. The van der Waals surface area contributed by atoms with Gasteiger partial charge in [-0.25, -0.2) is 9.97 Å². The lowest BCUT2D eigenvalue weighted by molar-refractivity contribution is 0.188. The van der Waals surface area contributed by atoms with E-state index in [2.05, 4.69) is 18.3 Å². The molecular formula is C22H21N3OS. The average molecular weight is 375 g/mol. The van der Waals surface area contributed by atoms with Gasteiger partial charge in [0, 0.05) is 23.4 Å². The molecule has 0 bridgehead atoms. The summed E-state index contributed by atoms with van der Waals surface area (Å²) in [6, 6.07) is 22.1. The number of rotatable bonds is 6. The number of nitrogens with one attached hydrogen (secondary N) is 1. The summed E-state index contributed by atoms with van der Waals surface area (Å²) < 4.78 is 0. The van der Waals surface area contributed by atoms with Crippen molar-refractivity contribution in [1.29, 1.82) is 0 Å². The minimum Gasteiger partial charge on any atom is -0.391 e. The van der Waals surface area contributed by atoms with Gasteiger partial charge in [-0.1, -0.05) is 60.7 Å². The van der Waals surface area contributed by atoms with Crippen molar-refractivity contribution in [2.75, 3.05) is 11.9 Å². The molecule has 4 aromatic rings. The van der Waals surface area contributed by atoms with E-state index < -0.39 is 6.10 Å². The molecule has 0 amide bonds. The van der Waals surface area contributed by atoms with Gasteiger partial charge in [-0.15, -0.1) is 11.3 Å². The van der Waals surface area contributed by atoms with Crippen LogP contribution in [0.4, 0.5) is 5.82 Å². The zero-order valence-electron chi connectivity index (χ0n) is 15.1. The molecule has 4 nitrogen and oxygen atoms in total. The minimum atomic E-state index is -0.489. The lowest BCUT2D eigenvalue weighted by Gasteiger charge is -2.14. The molecule has 2 aromatic carbocycles. The number of fused-ring (bicyclic) bond motifs is 1. The molecule has 0 saturated carbocycles. The van der Waals surface area contributed by atoms with E-state index in [0.29, 0.717) is 18.8 Å². The third-order valence-electron chi connectivity index (χ3n) is 4.37. The van der Waals surface area contributed by atoms with E-state index in [1.54, 1.807) is 11.3 Å². The molecule has 136 valence electrons. The number of aliphatic hydroxyl groups is 1. The number of nitrogens with zero attached hydrogens (tertiary/aromatic N) is 2. The molecule has 1 atom stereocenters.